The van der Waals surface area contributed by atoms with Gasteiger partial charge in [0.05, 0.1) is 12.9 Å². The van der Waals surface area contributed by atoms with Gasteiger partial charge in [-0.3, -0.25) is 9.52 Å². The molecule has 2 amide bonds. The highest BCUT2D eigenvalue weighted by Gasteiger charge is 2.07. The molecule has 9 heteroatoms. The summed E-state index contributed by atoms with van der Waals surface area (Å²) in [5.74, 6) is -0.323. The molecule has 0 aliphatic rings. The molecule has 0 saturated heterocycles. The van der Waals surface area contributed by atoms with Crippen LogP contribution >= 0.6 is 0 Å². The first-order chi connectivity index (χ1) is 10.3. The van der Waals surface area contributed by atoms with Crippen LogP contribution in [0.15, 0.2) is 24.3 Å². The molecule has 1 aromatic rings. The molecule has 0 atom stereocenters. The average Bonchev–Trinajstić information content (AvgIpc) is 2.43. The zero-order valence-electron chi connectivity index (χ0n) is 12.4. The second kappa shape index (κ2) is 8.23. The van der Waals surface area contributed by atoms with E-state index in [0.29, 0.717) is 11.3 Å². The number of carbonyl (C=O) groups excluding carboxylic acids is 2. The Labute approximate surface area is 129 Å². The molecule has 0 fully saturated rings. The lowest BCUT2D eigenvalue weighted by atomic mass is 10.2. The van der Waals surface area contributed by atoms with Gasteiger partial charge in [0.2, 0.25) is 10.0 Å². The first-order valence-corrected chi connectivity index (χ1v) is 8.47. The maximum atomic E-state index is 11.8. The topological polar surface area (TPSA) is 114 Å². The summed E-state index contributed by atoms with van der Waals surface area (Å²) in [6.45, 7) is 2.48. The van der Waals surface area contributed by atoms with Gasteiger partial charge in [-0.1, -0.05) is 0 Å². The van der Waals surface area contributed by atoms with Gasteiger partial charge < -0.3 is 15.4 Å². The molecule has 1 aromatic carbocycles. The SMILES string of the molecule is CCOC(=O)NCCNC(=O)c1ccc(NS(C)(=O)=O)cc1. The van der Waals surface area contributed by atoms with E-state index >= 15 is 0 Å². The van der Waals surface area contributed by atoms with Crippen LogP contribution in [0.4, 0.5) is 10.5 Å². The number of sulfonamides is 1. The summed E-state index contributed by atoms with van der Waals surface area (Å²) in [5, 5.41) is 5.09. The first kappa shape index (κ1) is 17.8. The number of benzene rings is 1. The van der Waals surface area contributed by atoms with Gasteiger partial charge >= 0.3 is 6.09 Å². The summed E-state index contributed by atoms with van der Waals surface area (Å²) < 4.78 is 29.1. The molecule has 0 bridgehead atoms. The largest absolute Gasteiger partial charge is 0.450 e. The molecule has 0 spiro atoms. The van der Waals surface area contributed by atoms with E-state index in [1.165, 1.54) is 24.3 Å². The minimum atomic E-state index is -3.34. The maximum Gasteiger partial charge on any atom is 0.407 e. The summed E-state index contributed by atoms with van der Waals surface area (Å²) in [4.78, 5) is 22.8. The average molecular weight is 329 g/mol. The van der Waals surface area contributed by atoms with Crippen molar-refractivity contribution in [1.29, 1.82) is 0 Å². The van der Waals surface area contributed by atoms with Crippen LogP contribution in [0.2, 0.25) is 0 Å². The number of rotatable bonds is 7. The van der Waals surface area contributed by atoms with Gasteiger partial charge in [0.15, 0.2) is 0 Å². The number of nitrogens with one attached hydrogen (secondary N) is 3. The van der Waals surface area contributed by atoms with Gasteiger partial charge in [-0.15, -0.1) is 0 Å². The molecule has 0 aliphatic heterocycles. The molecule has 122 valence electrons. The van der Waals surface area contributed by atoms with E-state index in [1.807, 2.05) is 0 Å². The Morgan fingerprint density at radius 1 is 1.09 bits per heavy atom. The van der Waals surface area contributed by atoms with Crippen molar-refractivity contribution in [2.45, 2.75) is 6.92 Å². The predicted octanol–water partition coefficient (Wildman–Crippen LogP) is 0.534. The van der Waals surface area contributed by atoms with Crippen LogP contribution in [-0.4, -0.2) is 46.4 Å². The van der Waals surface area contributed by atoms with Crippen molar-refractivity contribution in [2.24, 2.45) is 0 Å². The Hall–Kier alpha value is -2.29. The Bertz CT molecular complexity index is 613. The molecule has 22 heavy (non-hydrogen) atoms. The van der Waals surface area contributed by atoms with Crippen molar-refractivity contribution < 1.29 is 22.7 Å². The highest BCUT2D eigenvalue weighted by Crippen LogP contribution is 2.10. The minimum absolute atomic E-state index is 0.248. The number of alkyl carbamates (subject to hydrolysis) is 1. The molecule has 0 unspecified atom stereocenters. The molecule has 0 radical (unpaired) electrons. The first-order valence-electron chi connectivity index (χ1n) is 6.58. The fourth-order valence-electron chi connectivity index (χ4n) is 1.53. The third-order valence-electron chi connectivity index (χ3n) is 2.41. The van der Waals surface area contributed by atoms with Crippen LogP contribution in [-0.2, 0) is 14.8 Å². The van der Waals surface area contributed by atoms with E-state index in [9.17, 15) is 18.0 Å². The van der Waals surface area contributed by atoms with Crippen LogP contribution in [0.1, 0.15) is 17.3 Å². The fourth-order valence-corrected chi connectivity index (χ4v) is 2.09. The van der Waals surface area contributed by atoms with Crippen molar-refractivity contribution in [2.75, 3.05) is 30.7 Å². The Morgan fingerprint density at radius 2 is 1.68 bits per heavy atom. The van der Waals surface area contributed by atoms with Crippen molar-refractivity contribution in [1.82, 2.24) is 10.6 Å². The Balaban J connectivity index is 2.41. The van der Waals surface area contributed by atoms with Crippen molar-refractivity contribution in [3.63, 3.8) is 0 Å². The van der Waals surface area contributed by atoms with Crippen molar-refractivity contribution in [3.8, 4) is 0 Å². The molecular formula is C13H19N3O5S. The van der Waals surface area contributed by atoms with Gasteiger partial charge in [-0.25, -0.2) is 13.2 Å². The highest BCUT2D eigenvalue weighted by molar-refractivity contribution is 7.92. The number of anilines is 1. The van der Waals surface area contributed by atoms with E-state index in [0.717, 1.165) is 6.26 Å². The molecule has 0 saturated carbocycles. The van der Waals surface area contributed by atoms with Crippen LogP contribution in [0.3, 0.4) is 0 Å². The van der Waals surface area contributed by atoms with E-state index < -0.39 is 16.1 Å². The van der Waals surface area contributed by atoms with Crippen LogP contribution in [0.5, 0.6) is 0 Å². The third-order valence-corrected chi connectivity index (χ3v) is 3.01. The summed E-state index contributed by atoms with van der Waals surface area (Å²) >= 11 is 0. The van der Waals surface area contributed by atoms with E-state index in [1.54, 1.807) is 6.92 Å². The van der Waals surface area contributed by atoms with Gasteiger partial charge in [-0.05, 0) is 31.2 Å². The number of hydrogen-bond acceptors (Lipinski definition) is 5. The molecule has 0 aromatic heterocycles. The molecule has 1 rings (SSSR count). The zero-order valence-corrected chi connectivity index (χ0v) is 13.2. The summed E-state index contributed by atoms with van der Waals surface area (Å²) in [5.41, 5.74) is 0.762. The molecule has 8 nitrogen and oxygen atoms in total. The highest BCUT2D eigenvalue weighted by atomic mass is 32.2. The van der Waals surface area contributed by atoms with Gasteiger partial charge in [0.25, 0.3) is 5.91 Å². The zero-order chi connectivity index (χ0) is 16.6. The second-order valence-electron chi connectivity index (χ2n) is 4.35. The van der Waals surface area contributed by atoms with E-state index in [4.69, 9.17) is 0 Å². The Kier molecular flexibility index (Phi) is 6.64. The lowest BCUT2D eigenvalue weighted by Crippen LogP contribution is -2.34. The van der Waals surface area contributed by atoms with Gasteiger partial charge in [0, 0.05) is 24.3 Å². The van der Waals surface area contributed by atoms with E-state index in [2.05, 4.69) is 20.1 Å². The number of ether oxygens (including phenoxy) is 1. The maximum absolute atomic E-state index is 11.8. The lowest BCUT2D eigenvalue weighted by Gasteiger charge is -2.08. The normalized spacial score (nSPS) is 10.6. The van der Waals surface area contributed by atoms with Crippen LogP contribution in [0.25, 0.3) is 0 Å². The number of amides is 2. The smallest absolute Gasteiger partial charge is 0.407 e. The van der Waals surface area contributed by atoms with Crippen molar-refractivity contribution in [3.05, 3.63) is 29.8 Å². The standard InChI is InChI=1S/C13H19N3O5S/c1-3-21-13(18)15-9-8-14-12(17)10-4-6-11(7-5-10)16-22(2,19)20/h4-7,16H,3,8-9H2,1-2H3,(H,14,17)(H,15,18). The third kappa shape index (κ3) is 6.93. The second-order valence-corrected chi connectivity index (χ2v) is 6.10. The van der Waals surface area contributed by atoms with Crippen molar-refractivity contribution >= 4 is 27.7 Å². The molecule has 0 aliphatic carbocycles. The van der Waals surface area contributed by atoms with Crippen LogP contribution < -0.4 is 15.4 Å². The quantitative estimate of drug-likeness (QED) is 0.632. The molecule has 3 N–H and O–H groups in total. The fraction of sp³-hybridized carbons (Fsp3) is 0.385. The van der Waals surface area contributed by atoms with Gasteiger partial charge in [-0.2, -0.15) is 0 Å². The predicted molar refractivity (Wildman–Crippen MR) is 82.3 cm³/mol. The van der Waals surface area contributed by atoms with E-state index in [-0.39, 0.29) is 25.6 Å². The number of hydrogen-bond donors (Lipinski definition) is 3. The molecular weight excluding hydrogens is 310 g/mol. The van der Waals surface area contributed by atoms with Gasteiger partial charge in [0.1, 0.15) is 0 Å². The van der Waals surface area contributed by atoms with Crippen LogP contribution in [0, 0.1) is 0 Å². The number of carbonyl (C=O) groups is 2. The monoisotopic (exact) mass is 329 g/mol. The summed E-state index contributed by atoms with van der Waals surface area (Å²) in [7, 11) is -3.34. The summed E-state index contributed by atoms with van der Waals surface area (Å²) in [6.07, 6.45) is 0.511. The summed E-state index contributed by atoms with van der Waals surface area (Å²) in [6, 6.07) is 5.99. The Morgan fingerprint density at radius 3 is 2.23 bits per heavy atom. The lowest BCUT2D eigenvalue weighted by molar-refractivity contribution is 0.0952. The molecule has 0 heterocycles. The minimum Gasteiger partial charge on any atom is -0.450 e.